The predicted molar refractivity (Wildman–Crippen MR) is 117 cm³/mol. The third kappa shape index (κ3) is 7.20. The van der Waals surface area contributed by atoms with Crippen LogP contribution >= 0.6 is 11.8 Å². The van der Waals surface area contributed by atoms with E-state index in [9.17, 15) is 14.0 Å². The molecule has 1 atom stereocenters. The first-order valence-corrected chi connectivity index (χ1v) is 11.0. The molecule has 4 nitrogen and oxygen atoms in total. The molecule has 2 aromatic rings. The van der Waals surface area contributed by atoms with Crippen LogP contribution in [0.15, 0.2) is 48.5 Å². The number of aryl methyl sites for hydroxylation is 1. The van der Waals surface area contributed by atoms with Gasteiger partial charge in [0.05, 0.1) is 5.75 Å². The smallest absolute Gasteiger partial charge is 0.242 e. The molecule has 0 aromatic heterocycles. The number of thioether (sulfide) groups is 1. The lowest BCUT2D eigenvalue weighted by molar-refractivity contribution is -0.138. The maximum absolute atomic E-state index is 13.8. The minimum atomic E-state index is -0.580. The van der Waals surface area contributed by atoms with Gasteiger partial charge in [0.15, 0.2) is 0 Å². The van der Waals surface area contributed by atoms with Gasteiger partial charge in [0.2, 0.25) is 11.8 Å². The van der Waals surface area contributed by atoms with Crippen LogP contribution in [0.5, 0.6) is 0 Å². The van der Waals surface area contributed by atoms with Crippen molar-refractivity contribution in [3.63, 3.8) is 0 Å². The summed E-state index contributed by atoms with van der Waals surface area (Å²) in [5.41, 5.74) is 2.66. The van der Waals surface area contributed by atoms with Crippen molar-refractivity contribution < 1.29 is 14.0 Å². The minimum Gasteiger partial charge on any atom is -0.354 e. The molecule has 156 valence electrons. The van der Waals surface area contributed by atoms with Gasteiger partial charge in [-0.2, -0.15) is 0 Å². The maximum atomic E-state index is 13.8. The van der Waals surface area contributed by atoms with E-state index < -0.39 is 6.04 Å². The number of amides is 2. The van der Waals surface area contributed by atoms with Gasteiger partial charge in [-0.05, 0) is 37.5 Å². The first-order chi connectivity index (χ1) is 13.9. The van der Waals surface area contributed by atoms with Crippen molar-refractivity contribution in [2.75, 3.05) is 12.3 Å². The number of nitrogens with zero attached hydrogens (tertiary/aromatic N) is 1. The van der Waals surface area contributed by atoms with Gasteiger partial charge in [-0.3, -0.25) is 9.59 Å². The predicted octanol–water partition coefficient (Wildman–Crippen LogP) is 4.31. The van der Waals surface area contributed by atoms with Crippen molar-refractivity contribution in [2.45, 2.75) is 45.5 Å². The highest BCUT2D eigenvalue weighted by Crippen LogP contribution is 2.18. The number of nitrogens with one attached hydrogen (secondary N) is 1. The van der Waals surface area contributed by atoms with Gasteiger partial charge in [-0.1, -0.05) is 55.0 Å². The Morgan fingerprint density at radius 1 is 1.17 bits per heavy atom. The van der Waals surface area contributed by atoms with Crippen LogP contribution in [-0.2, 0) is 21.9 Å². The molecule has 29 heavy (non-hydrogen) atoms. The molecule has 2 amide bonds. The largest absolute Gasteiger partial charge is 0.354 e. The van der Waals surface area contributed by atoms with Crippen LogP contribution in [0, 0.1) is 12.7 Å². The SMILES string of the molecule is CCCNC(=O)[C@H](C)N(Cc1cccc(C)c1)C(=O)CSCc1ccccc1F. The minimum absolute atomic E-state index is 0.132. The van der Waals surface area contributed by atoms with E-state index in [1.807, 2.05) is 38.1 Å². The number of benzene rings is 2. The average Bonchev–Trinajstić information content (AvgIpc) is 2.71. The average molecular weight is 417 g/mol. The van der Waals surface area contributed by atoms with Crippen LogP contribution < -0.4 is 5.32 Å². The number of carbonyl (C=O) groups excluding carboxylic acids is 2. The van der Waals surface area contributed by atoms with Crippen LogP contribution in [0.3, 0.4) is 0 Å². The second kappa shape index (κ2) is 11.6. The highest BCUT2D eigenvalue weighted by Gasteiger charge is 2.25. The van der Waals surface area contributed by atoms with Gasteiger partial charge in [0, 0.05) is 18.8 Å². The molecular weight excluding hydrogens is 387 g/mol. The fraction of sp³-hybridized carbons (Fsp3) is 0.391. The molecule has 0 aliphatic rings. The molecule has 0 spiro atoms. The summed E-state index contributed by atoms with van der Waals surface area (Å²) in [6, 6.07) is 13.9. The lowest BCUT2D eigenvalue weighted by Crippen LogP contribution is -2.48. The Labute approximate surface area is 176 Å². The molecule has 0 bridgehead atoms. The van der Waals surface area contributed by atoms with Crippen molar-refractivity contribution in [3.8, 4) is 0 Å². The summed E-state index contributed by atoms with van der Waals surface area (Å²) in [7, 11) is 0. The Morgan fingerprint density at radius 3 is 2.62 bits per heavy atom. The zero-order valence-corrected chi connectivity index (χ0v) is 18.1. The summed E-state index contributed by atoms with van der Waals surface area (Å²) in [4.78, 5) is 27.0. The molecule has 2 aromatic carbocycles. The molecule has 2 rings (SSSR count). The third-order valence-electron chi connectivity index (χ3n) is 4.59. The molecular formula is C23H29FN2O2S. The van der Waals surface area contributed by atoms with Crippen LogP contribution in [0.25, 0.3) is 0 Å². The highest BCUT2D eigenvalue weighted by molar-refractivity contribution is 7.99. The molecule has 0 heterocycles. The second-order valence-electron chi connectivity index (χ2n) is 7.06. The lowest BCUT2D eigenvalue weighted by atomic mass is 10.1. The van der Waals surface area contributed by atoms with Gasteiger partial charge in [-0.15, -0.1) is 11.8 Å². The van der Waals surface area contributed by atoms with Crippen molar-refractivity contribution >= 4 is 23.6 Å². The number of halogens is 1. The number of hydrogen-bond acceptors (Lipinski definition) is 3. The highest BCUT2D eigenvalue weighted by atomic mass is 32.2. The Morgan fingerprint density at radius 2 is 1.93 bits per heavy atom. The van der Waals surface area contributed by atoms with E-state index in [1.54, 1.807) is 30.0 Å². The molecule has 0 saturated carbocycles. The lowest BCUT2D eigenvalue weighted by Gasteiger charge is -2.29. The molecule has 0 fully saturated rings. The van der Waals surface area contributed by atoms with E-state index in [0.717, 1.165) is 17.5 Å². The van der Waals surface area contributed by atoms with Gasteiger partial charge < -0.3 is 10.2 Å². The van der Waals surface area contributed by atoms with Gasteiger partial charge in [0.25, 0.3) is 0 Å². The summed E-state index contributed by atoms with van der Waals surface area (Å²) in [5, 5.41) is 2.86. The summed E-state index contributed by atoms with van der Waals surface area (Å²) >= 11 is 1.35. The molecule has 1 N–H and O–H groups in total. The Kier molecular flexibility index (Phi) is 9.19. The van der Waals surface area contributed by atoms with Crippen LogP contribution in [0.2, 0.25) is 0 Å². The summed E-state index contributed by atoms with van der Waals surface area (Å²) in [6.45, 7) is 6.68. The van der Waals surface area contributed by atoms with E-state index in [2.05, 4.69) is 5.32 Å². The quantitative estimate of drug-likeness (QED) is 0.628. The van der Waals surface area contributed by atoms with E-state index >= 15 is 0 Å². The maximum Gasteiger partial charge on any atom is 0.242 e. The molecule has 0 aliphatic heterocycles. The van der Waals surface area contributed by atoms with E-state index in [1.165, 1.54) is 17.8 Å². The molecule has 0 aliphatic carbocycles. The van der Waals surface area contributed by atoms with Crippen molar-refractivity contribution in [1.82, 2.24) is 10.2 Å². The fourth-order valence-electron chi connectivity index (χ4n) is 2.93. The summed E-state index contributed by atoms with van der Waals surface area (Å²) in [6.07, 6.45) is 0.836. The molecule has 0 saturated heterocycles. The molecule has 6 heteroatoms. The topological polar surface area (TPSA) is 49.4 Å². The van der Waals surface area contributed by atoms with Crippen LogP contribution in [0.4, 0.5) is 4.39 Å². The van der Waals surface area contributed by atoms with Gasteiger partial charge in [-0.25, -0.2) is 4.39 Å². The van der Waals surface area contributed by atoms with E-state index in [-0.39, 0.29) is 23.4 Å². The Bertz CT molecular complexity index is 828. The van der Waals surface area contributed by atoms with Crippen molar-refractivity contribution in [3.05, 3.63) is 71.0 Å². The summed E-state index contributed by atoms with van der Waals surface area (Å²) < 4.78 is 13.8. The Hall–Kier alpha value is -2.34. The first kappa shape index (κ1) is 22.9. The summed E-state index contributed by atoms with van der Waals surface area (Å²) in [5.74, 6) is 0.0360. The normalized spacial score (nSPS) is 11.7. The zero-order chi connectivity index (χ0) is 21.2. The second-order valence-corrected chi connectivity index (χ2v) is 8.05. The number of rotatable bonds is 10. The Balaban J connectivity index is 2.07. The van der Waals surface area contributed by atoms with Crippen molar-refractivity contribution in [2.24, 2.45) is 0 Å². The standard InChI is InChI=1S/C23H29FN2O2S/c1-4-12-25-23(28)18(3)26(14-19-9-7-8-17(2)13-19)22(27)16-29-15-20-10-5-6-11-21(20)24/h5-11,13,18H,4,12,14-16H2,1-3H3,(H,25,28)/t18-/m0/s1. The number of hydrogen-bond donors (Lipinski definition) is 1. The monoisotopic (exact) mass is 416 g/mol. The first-order valence-electron chi connectivity index (χ1n) is 9.86. The van der Waals surface area contributed by atoms with Crippen molar-refractivity contribution in [1.29, 1.82) is 0 Å². The van der Waals surface area contributed by atoms with Crippen LogP contribution in [0.1, 0.15) is 37.0 Å². The fourth-order valence-corrected chi connectivity index (χ4v) is 3.83. The third-order valence-corrected chi connectivity index (χ3v) is 5.56. The van der Waals surface area contributed by atoms with Gasteiger partial charge in [0.1, 0.15) is 11.9 Å². The van der Waals surface area contributed by atoms with E-state index in [4.69, 9.17) is 0 Å². The van der Waals surface area contributed by atoms with E-state index in [0.29, 0.717) is 24.4 Å². The molecule has 0 radical (unpaired) electrons. The zero-order valence-electron chi connectivity index (χ0n) is 17.3. The van der Waals surface area contributed by atoms with Crippen LogP contribution in [-0.4, -0.2) is 35.1 Å². The van der Waals surface area contributed by atoms with Gasteiger partial charge >= 0.3 is 0 Å². The molecule has 0 unspecified atom stereocenters. The number of carbonyl (C=O) groups is 2.